The number of nitrogens with one attached hydrogen (secondary N) is 2. The molecule has 3 aromatic rings. The Morgan fingerprint density at radius 1 is 1.16 bits per heavy atom. The Morgan fingerprint density at radius 2 is 1.90 bits per heavy atom. The number of hydrogen-bond donors (Lipinski definition) is 2. The molecule has 2 aliphatic carbocycles. The average Bonchev–Trinajstić information content (AvgIpc) is 3.26. The van der Waals surface area contributed by atoms with Gasteiger partial charge in [0.2, 0.25) is 0 Å². The summed E-state index contributed by atoms with van der Waals surface area (Å²) < 4.78 is 13.7. The van der Waals surface area contributed by atoms with Gasteiger partial charge in [-0.25, -0.2) is 14.4 Å². The van der Waals surface area contributed by atoms with E-state index in [9.17, 15) is 9.18 Å². The lowest BCUT2D eigenvalue weighted by atomic mass is 9.99. The van der Waals surface area contributed by atoms with E-state index >= 15 is 0 Å². The predicted octanol–water partition coefficient (Wildman–Crippen LogP) is 5.07. The van der Waals surface area contributed by atoms with Crippen molar-refractivity contribution in [2.75, 3.05) is 5.32 Å². The number of aromatic nitrogens is 2. The first kappa shape index (κ1) is 20.2. The van der Waals surface area contributed by atoms with Crippen LogP contribution in [0.1, 0.15) is 36.5 Å². The highest BCUT2D eigenvalue weighted by Crippen LogP contribution is 2.59. The second kappa shape index (κ2) is 8.08. The van der Waals surface area contributed by atoms with Crippen molar-refractivity contribution in [3.63, 3.8) is 0 Å². The molecule has 1 amide bonds. The topological polar surface area (TPSA) is 66.9 Å². The van der Waals surface area contributed by atoms with Crippen LogP contribution in [0.2, 0.25) is 5.02 Å². The van der Waals surface area contributed by atoms with Crippen molar-refractivity contribution in [2.24, 2.45) is 17.8 Å². The Morgan fingerprint density at radius 3 is 2.61 bits per heavy atom. The lowest BCUT2D eigenvalue weighted by Gasteiger charge is -2.22. The molecular formula is C24H24ClFN4O. The predicted molar refractivity (Wildman–Crippen MR) is 120 cm³/mol. The van der Waals surface area contributed by atoms with Gasteiger partial charge in [-0.05, 0) is 79.5 Å². The summed E-state index contributed by atoms with van der Waals surface area (Å²) in [7, 11) is 0. The Kier molecular flexibility index (Phi) is 5.26. The molecule has 2 saturated carbocycles. The average molecular weight is 439 g/mol. The van der Waals surface area contributed by atoms with E-state index in [2.05, 4.69) is 27.5 Å². The number of fused-ring (bicyclic) bond motifs is 2. The molecule has 31 heavy (non-hydrogen) atoms. The van der Waals surface area contributed by atoms with Gasteiger partial charge in [-0.1, -0.05) is 18.5 Å². The summed E-state index contributed by atoms with van der Waals surface area (Å²) in [5.41, 5.74) is 1.37. The van der Waals surface area contributed by atoms with E-state index < -0.39 is 0 Å². The van der Waals surface area contributed by atoms with E-state index in [0.29, 0.717) is 45.6 Å². The molecule has 2 aliphatic rings. The highest BCUT2D eigenvalue weighted by atomic mass is 35.5. The van der Waals surface area contributed by atoms with Crippen molar-refractivity contribution in [3.05, 3.63) is 65.2 Å². The third kappa shape index (κ3) is 3.97. The number of nitrogens with zero attached hydrogens (tertiary/aromatic N) is 2. The number of amides is 1. The Balaban J connectivity index is 1.21. The van der Waals surface area contributed by atoms with Gasteiger partial charge in [0.25, 0.3) is 5.91 Å². The maximum absolute atomic E-state index is 13.7. The molecule has 2 fully saturated rings. The number of halogens is 2. The van der Waals surface area contributed by atoms with Gasteiger partial charge in [0, 0.05) is 28.1 Å². The molecule has 7 heteroatoms. The smallest absolute Gasteiger partial charge is 0.251 e. The van der Waals surface area contributed by atoms with Crippen LogP contribution in [0, 0.1) is 23.6 Å². The van der Waals surface area contributed by atoms with Crippen molar-refractivity contribution in [1.29, 1.82) is 0 Å². The van der Waals surface area contributed by atoms with Gasteiger partial charge in [0.15, 0.2) is 0 Å². The van der Waals surface area contributed by atoms with Gasteiger partial charge in [-0.15, -0.1) is 0 Å². The van der Waals surface area contributed by atoms with Crippen molar-refractivity contribution in [2.45, 2.75) is 38.3 Å². The van der Waals surface area contributed by atoms with E-state index in [0.717, 1.165) is 24.8 Å². The normalized spacial score (nSPS) is 25.1. The second-order valence-electron chi connectivity index (χ2n) is 8.60. The summed E-state index contributed by atoms with van der Waals surface area (Å²) in [5, 5.41) is 8.06. The van der Waals surface area contributed by atoms with E-state index in [4.69, 9.17) is 11.6 Å². The van der Waals surface area contributed by atoms with Crippen LogP contribution in [0.25, 0.3) is 10.9 Å². The van der Waals surface area contributed by atoms with Gasteiger partial charge in [0.05, 0.1) is 5.52 Å². The number of rotatable bonds is 6. The summed E-state index contributed by atoms with van der Waals surface area (Å²) in [6.07, 6.45) is 4.48. The second-order valence-corrected chi connectivity index (χ2v) is 9.03. The zero-order valence-electron chi connectivity index (χ0n) is 17.2. The quantitative estimate of drug-likeness (QED) is 0.564. The van der Waals surface area contributed by atoms with Crippen molar-refractivity contribution in [3.8, 4) is 0 Å². The minimum Gasteiger partial charge on any atom is -0.367 e. The molecule has 3 unspecified atom stereocenters. The number of benzene rings is 2. The molecule has 0 saturated heterocycles. The molecule has 5 atom stereocenters. The van der Waals surface area contributed by atoms with Gasteiger partial charge in [0.1, 0.15) is 18.0 Å². The van der Waals surface area contributed by atoms with Crippen molar-refractivity contribution in [1.82, 2.24) is 15.3 Å². The minimum absolute atomic E-state index is 0.0438. The van der Waals surface area contributed by atoms with Gasteiger partial charge >= 0.3 is 0 Å². The molecule has 1 aromatic heterocycles. The van der Waals surface area contributed by atoms with Crippen molar-refractivity contribution >= 4 is 34.2 Å². The van der Waals surface area contributed by atoms with Crippen LogP contribution in [0.4, 0.5) is 10.2 Å². The van der Waals surface area contributed by atoms with E-state index in [1.54, 1.807) is 30.3 Å². The standard InChI is InChI=1S/C24H24ClFN4O/c1-2-20(30-24(31)13-3-5-14(25)6-4-13)22-17-10-16(11-18(17)22)29-23-19-9-15(26)7-8-21(19)27-12-28-23/h3-9,12,16-18,20,22H,2,10-11H2,1H3,(H,30,31)(H,27,28,29)/t16?,17-,18+,20?,22?. The lowest BCUT2D eigenvalue weighted by Crippen LogP contribution is -2.38. The highest BCUT2D eigenvalue weighted by molar-refractivity contribution is 6.30. The molecule has 5 nitrogen and oxygen atoms in total. The van der Waals surface area contributed by atoms with Crippen LogP contribution in [-0.2, 0) is 0 Å². The first-order valence-corrected chi connectivity index (χ1v) is 11.1. The largest absolute Gasteiger partial charge is 0.367 e. The number of carbonyl (C=O) groups excluding carboxylic acids is 1. The van der Waals surface area contributed by atoms with E-state index in [1.165, 1.54) is 18.5 Å². The van der Waals surface area contributed by atoms with Crippen LogP contribution < -0.4 is 10.6 Å². The molecule has 0 radical (unpaired) electrons. The SMILES string of the molecule is CCC(NC(=O)c1ccc(Cl)cc1)C1[C@H]2CC(Nc3ncnc4ccc(F)cc34)C[C@@H]12. The molecule has 0 bridgehead atoms. The zero-order valence-corrected chi connectivity index (χ0v) is 17.9. The fraction of sp³-hybridized carbons (Fsp3) is 0.375. The monoisotopic (exact) mass is 438 g/mol. The van der Waals surface area contributed by atoms with Gasteiger partial charge in [-0.3, -0.25) is 4.79 Å². The molecule has 0 spiro atoms. The van der Waals surface area contributed by atoms with Crippen molar-refractivity contribution < 1.29 is 9.18 Å². The maximum Gasteiger partial charge on any atom is 0.251 e. The lowest BCUT2D eigenvalue weighted by molar-refractivity contribution is 0.0927. The summed E-state index contributed by atoms with van der Waals surface area (Å²) in [5.74, 6) is 2.06. The highest BCUT2D eigenvalue weighted by Gasteiger charge is 2.58. The number of hydrogen-bond acceptors (Lipinski definition) is 4. The summed E-state index contributed by atoms with van der Waals surface area (Å²) in [4.78, 5) is 21.2. The molecular weight excluding hydrogens is 415 g/mol. The first-order chi connectivity index (χ1) is 15.0. The van der Waals surface area contributed by atoms with Gasteiger partial charge in [-0.2, -0.15) is 0 Å². The van der Waals surface area contributed by atoms with E-state index in [1.807, 2.05) is 0 Å². The molecule has 1 heterocycles. The molecule has 2 aromatic carbocycles. The van der Waals surface area contributed by atoms with Crippen LogP contribution in [0.3, 0.4) is 0 Å². The van der Waals surface area contributed by atoms with Gasteiger partial charge < -0.3 is 10.6 Å². The first-order valence-electron chi connectivity index (χ1n) is 10.8. The Labute approximate surface area is 185 Å². The number of carbonyl (C=O) groups is 1. The van der Waals surface area contributed by atoms with Crippen LogP contribution in [0.5, 0.6) is 0 Å². The van der Waals surface area contributed by atoms with Crippen LogP contribution >= 0.6 is 11.6 Å². The fourth-order valence-electron chi connectivity index (χ4n) is 5.27. The molecule has 5 rings (SSSR count). The Hall–Kier alpha value is -2.73. The van der Waals surface area contributed by atoms with E-state index in [-0.39, 0.29) is 17.8 Å². The minimum atomic E-state index is -0.290. The maximum atomic E-state index is 13.7. The molecule has 0 aliphatic heterocycles. The Bertz CT molecular complexity index is 1110. The summed E-state index contributed by atoms with van der Waals surface area (Å²) >= 11 is 5.92. The summed E-state index contributed by atoms with van der Waals surface area (Å²) in [6, 6.07) is 12.0. The van der Waals surface area contributed by atoms with Crippen LogP contribution in [-0.4, -0.2) is 28.0 Å². The molecule has 2 N–H and O–H groups in total. The third-order valence-corrected chi connectivity index (χ3v) is 7.03. The summed E-state index contributed by atoms with van der Waals surface area (Å²) in [6.45, 7) is 2.12. The fourth-order valence-corrected chi connectivity index (χ4v) is 5.39. The third-order valence-electron chi connectivity index (χ3n) is 6.78. The van der Waals surface area contributed by atoms with Crippen LogP contribution in [0.15, 0.2) is 48.8 Å². The zero-order chi connectivity index (χ0) is 21.5. The number of anilines is 1. The molecule has 160 valence electrons.